The number of amides is 1. The Labute approximate surface area is 174 Å². The molecule has 1 aliphatic carbocycles. The van der Waals surface area contributed by atoms with Gasteiger partial charge in [-0.25, -0.2) is 4.79 Å². The molecule has 0 fully saturated rings. The number of carbonyl (C=O) groups is 1. The molecule has 1 heterocycles. The summed E-state index contributed by atoms with van der Waals surface area (Å²) in [5.41, 5.74) is 3.49. The third-order valence-electron chi connectivity index (χ3n) is 5.51. The van der Waals surface area contributed by atoms with Gasteiger partial charge in [-0.15, -0.1) is 0 Å². The van der Waals surface area contributed by atoms with Gasteiger partial charge in [0.15, 0.2) is 6.10 Å². The summed E-state index contributed by atoms with van der Waals surface area (Å²) in [6.07, 6.45) is 0.830. The number of aliphatic hydroxyl groups is 1. The van der Waals surface area contributed by atoms with Crippen molar-refractivity contribution in [3.63, 3.8) is 0 Å². The molecule has 2 N–H and O–H groups in total. The highest BCUT2D eigenvalue weighted by Gasteiger charge is 2.24. The second kappa shape index (κ2) is 8.32. The molecule has 156 valence electrons. The maximum absolute atomic E-state index is 12.6. The number of nitrogens with one attached hydrogen (secondary N) is 1. The molecule has 0 radical (unpaired) electrons. The average molecular weight is 407 g/mol. The molecule has 1 aliphatic rings. The summed E-state index contributed by atoms with van der Waals surface area (Å²) < 4.78 is 11.5. The first-order valence-corrected chi connectivity index (χ1v) is 10.2. The van der Waals surface area contributed by atoms with E-state index in [1.165, 1.54) is 0 Å². The minimum Gasteiger partial charge on any atom is -0.480 e. The van der Waals surface area contributed by atoms with Crippen LogP contribution in [-0.2, 0) is 17.6 Å². The lowest BCUT2D eigenvalue weighted by Crippen LogP contribution is -2.38. The lowest BCUT2D eigenvalue weighted by atomic mass is 10.0. The van der Waals surface area contributed by atoms with Crippen molar-refractivity contribution in [3.8, 4) is 5.75 Å². The maximum atomic E-state index is 12.6. The summed E-state index contributed by atoms with van der Waals surface area (Å²) in [5, 5.41) is 13.8. The Bertz CT molecular complexity index is 1140. The molecule has 1 amide bonds. The third kappa shape index (κ3) is 3.96. The predicted molar refractivity (Wildman–Crippen MR) is 114 cm³/mol. The van der Waals surface area contributed by atoms with Crippen LogP contribution in [0, 0.1) is 6.92 Å². The number of rotatable bonds is 6. The van der Waals surface area contributed by atoms with E-state index in [-0.39, 0.29) is 18.1 Å². The van der Waals surface area contributed by atoms with E-state index in [0.29, 0.717) is 23.3 Å². The fourth-order valence-corrected chi connectivity index (χ4v) is 3.98. The fourth-order valence-electron chi connectivity index (χ4n) is 3.98. The van der Waals surface area contributed by atoms with Crippen molar-refractivity contribution in [2.75, 3.05) is 6.54 Å². The summed E-state index contributed by atoms with van der Waals surface area (Å²) >= 11 is 0. The molecule has 6 nitrogen and oxygen atoms in total. The number of hydrogen-bond donors (Lipinski definition) is 2. The molecule has 0 saturated heterocycles. The van der Waals surface area contributed by atoms with Gasteiger partial charge >= 0.3 is 5.63 Å². The first-order valence-electron chi connectivity index (χ1n) is 10.2. The highest BCUT2D eigenvalue weighted by atomic mass is 16.5. The Balaban J connectivity index is 1.53. The summed E-state index contributed by atoms with van der Waals surface area (Å²) in [7, 11) is 0. The van der Waals surface area contributed by atoms with Crippen molar-refractivity contribution in [1.82, 2.24) is 5.32 Å². The summed E-state index contributed by atoms with van der Waals surface area (Å²) in [6.45, 7) is 3.65. The van der Waals surface area contributed by atoms with Gasteiger partial charge in [0.05, 0.1) is 11.5 Å². The molecule has 3 aromatic rings. The first kappa shape index (κ1) is 20.2. The lowest BCUT2D eigenvalue weighted by Gasteiger charge is -2.19. The van der Waals surface area contributed by atoms with E-state index in [2.05, 4.69) is 5.32 Å². The number of hydrogen-bond acceptors (Lipinski definition) is 5. The Kier molecular flexibility index (Phi) is 5.59. The number of aryl methyl sites for hydroxylation is 2. The second-order valence-corrected chi connectivity index (χ2v) is 7.77. The van der Waals surface area contributed by atoms with Gasteiger partial charge in [-0.1, -0.05) is 30.3 Å². The van der Waals surface area contributed by atoms with Gasteiger partial charge in [0.25, 0.3) is 5.91 Å². The van der Waals surface area contributed by atoms with E-state index in [9.17, 15) is 14.7 Å². The molecule has 4 rings (SSSR count). The minimum absolute atomic E-state index is 0.0926. The predicted octanol–water partition coefficient (Wildman–Crippen LogP) is 3.21. The van der Waals surface area contributed by atoms with Gasteiger partial charge in [-0.3, -0.25) is 4.79 Å². The van der Waals surface area contributed by atoms with Gasteiger partial charge in [0.2, 0.25) is 0 Å². The Hall–Kier alpha value is -3.12. The van der Waals surface area contributed by atoms with Crippen molar-refractivity contribution in [3.05, 3.63) is 75.1 Å². The number of ether oxygens (including phenoxy) is 1. The zero-order valence-electron chi connectivity index (χ0n) is 17.1. The zero-order valence-corrected chi connectivity index (χ0v) is 17.1. The molecule has 0 unspecified atom stereocenters. The molecule has 0 spiro atoms. The Morgan fingerprint density at radius 1 is 1.20 bits per heavy atom. The molecule has 30 heavy (non-hydrogen) atoms. The maximum Gasteiger partial charge on any atom is 0.339 e. The van der Waals surface area contributed by atoms with Crippen LogP contribution < -0.4 is 15.7 Å². The Morgan fingerprint density at radius 2 is 1.93 bits per heavy atom. The van der Waals surface area contributed by atoms with Crippen LogP contribution in [0.5, 0.6) is 5.75 Å². The van der Waals surface area contributed by atoms with Crippen LogP contribution in [0.15, 0.2) is 51.7 Å². The van der Waals surface area contributed by atoms with Gasteiger partial charge in [-0.2, -0.15) is 0 Å². The number of carbonyl (C=O) groups excluding carboxylic acids is 1. The molecule has 0 saturated carbocycles. The zero-order chi connectivity index (χ0) is 21.3. The molecule has 0 bridgehead atoms. The van der Waals surface area contributed by atoms with Crippen molar-refractivity contribution in [2.45, 2.75) is 45.3 Å². The largest absolute Gasteiger partial charge is 0.480 e. The minimum atomic E-state index is -0.792. The summed E-state index contributed by atoms with van der Waals surface area (Å²) in [4.78, 5) is 24.8. The Morgan fingerprint density at radius 3 is 2.70 bits per heavy atom. The molecular formula is C24H25NO5. The topological polar surface area (TPSA) is 88.8 Å². The standard InChI is InChI=1S/C24H25NO5/c1-14-11-20(22-17-9-6-10-18(17)24(28)30-21(22)12-14)29-15(2)23(27)25-13-19(26)16-7-4-3-5-8-16/h3-5,7-8,11-12,15,19,26H,6,9-10,13H2,1-2H3,(H,25,27)/t15-,19+/m1/s1. The van der Waals surface area contributed by atoms with Crippen LogP contribution >= 0.6 is 0 Å². The number of benzene rings is 2. The van der Waals surface area contributed by atoms with Crippen LogP contribution in [0.3, 0.4) is 0 Å². The van der Waals surface area contributed by atoms with E-state index in [1.54, 1.807) is 6.92 Å². The third-order valence-corrected chi connectivity index (χ3v) is 5.51. The van der Waals surface area contributed by atoms with Gasteiger partial charge in [-0.05, 0) is 61.9 Å². The SMILES string of the molecule is Cc1cc(O[C@H](C)C(=O)NC[C@H](O)c2ccccc2)c2c3c(c(=O)oc2c1)CCC3. The normalized spacial score (nSPS) is 14.9. The smallest absolute Gasteiger partial charge is 0.339 e. The average Bonchev–Trinajstić information content (AvgIpc) is 3.22. The lowest BCUT2D eigenvalue weighted by molar-refractivity contribution is -0.127. The van der Waals surface area contributed by atoms with Crippen LogP contribution in [0.2, 0.25) is 0 Å². The van der Waals surface area contributed by atoms with Crippen molar-refractivity contribution in [2.24, 2.45) is 0 Å². The van der Waals surface area contributed by atoms with Gasteiger partial charge < -0.3 is 19.6 Å². The van der Waals surface area contributed by atoms with Crippen LogP contribution in [0.25, 0.3) is 11.0 Å². The highest BCUT2D eigenvalue weighted by molar-refractivity contribution is 5.89. The van der Waals surface area contributed by atoms with E-state index >= 15 is 0 Å². The highest BCUT2D eigenvalue weighted by Crippen LogP contribution is 2.35. The quantitative estimate of drug-likeness (QED) is 0.613. The van der Waals surface area contributed by atoms with Crippen LogP contribution in [0.1, 0.15) is 41.7 Å². The molecular weight excluding hydrogens is 382 g/mol. The monoisotopic (exact) mass is 407 g/mol. The molecule has 2 atom stereocenters. The van der Waals surface area contributed by atoms with Crippen LogP contribution in [0.4, 0.5) is 0 Å². The molecule has 6 heteroatoms. The molecule has 1 aromatic heterocycles. The van der Waals surface area contributed by atoms with Gasteiger partial charge in [0.1, 0.15) is 11.3 Å². The number of fused-ring (bicyclic) bond motifs is 3. The van der Waals surface area contributed by atoms with Crippen molar-refractivity contribution in [1.29, 1.82) is 0 Å². The van der Waals surface area contributed by atoms with Crippen LogP contribution in [-0.4, -0.2) is 23.7 Å². The number of aliphatic hydroxyl groups excluding tert-OH is 1. The van der Waals surface area contributed by atoms with Crippen molar-refractivity contribution < 1.29 is 19.1 Å². The van der Waals surface area contributed by atoms with E-state index in [1.807, 2.05) is 49.4 Å². The summed E-state index contributed by atoms with van der Waals surface area (Å²) in [5.74, 6) is 0.215. The van der Waals surface area contributed by atoms with E-state index in [4.69, 9.17) is 9.15 Å². The molecule has 0 aliphatic heterocycles. The summed E-state index contributed by atoms with van der Waals surface area (Å²) in [6, 6.07) is 12.9. The van der Waals surface area contributed by atoms with Crippen molar-refractivity contribution >= 4 is 16.9 Å². The fraction of sp³-hybridized carbons (Fsp3) is 0.333. The first-order chi connectivity index (χ1) is 14.4. The van der Waals surface area contributed by atoms with E-state index < -0.39 is 12.2 Å². The second-order valence-electron chi connectivity index (χ2n) is 7.77. The van der Waals surface area contributed by atoms with E-state index in [0.717, 1.165) is 34.9 Å². The molecule has 2 aromatic carbocycles. The van der Waals surface area contributed by atoms with Gasteiger partial charge in [0, 0.05) is 12.1 Å².